The predicted octanol–water partition coefficient (Wildman–Crippen LogP) is 3.06. The lowest BCUT2D eigenvalue weighted by Crippen LogP contribution is -2.22. The van der Waals surface area contributed by atoms with Crippen LogP contribution in [0.3, 0.4) is 0 Å². The maximum Gasteiger partial charge on any atom is 0.231 e. The van der Waals surface area contributed by atoms with Crippen molar-refractivity contribution in [2.75, 3.05) is 18.5 Å². The Bertz CT molecular complexity index is 669. The van der Waals surface area contributed by atoms with Gasteiger partial charge in [0.2, 0.25) is 5.91 Å². The van der Waals surface area contributed by atoms with E-state index in [-0.39, 0.29) is 11.8 Å². The van der Waals surface area contributed by atoms with E-state index in [1.807, 2.05) is 0 Å². The molecule has 1 aromatic heterocycles. The number of anilines is 1. The molecule has 1 atom stereocenters. The average Bonchev–Trinajstić information content (AvgIpc) is 3.12. The molecule has 1 amide bonds. The van der Waals surface area contributed by atoms with Crippen LogP contribution >= 0.6 is 11.3 Å². The number of thiazole rings is 1. The number of hydrogen-bond acceptors (Lipinski definition) is 4. The van der Waals surface area contributed by atoms with Crippen LogP contribution in [0, 0.1) is 17.6 Å². The second kappa shape index (κ2) is 5.87. The van der Waals surface area contributed by atoms with Crippen molar-refractivity contribution in [2.24, 2.45) is 5.92 Å². The van der Waals surface area contributed by atoms with E-state index < -0.39 is 11.6 Å². The van der Waals surface area contributed by atoms with Gasteiger partial charge in [0.1, 0.15) is 0 Å². The molecule has 2 heterocycles. The first-order valence-electron chi connectivity index (χ1n) is 6.43. The van der Waals surface area contributed by atoms with Crippen LogP contribution in [-0.2, 0) is 9.53 Å². The summed E-state index contributed by atoms with van der Waals surface area (Å²) in [4.78, 5) is 16.1. The predicted molar refractivity (Wildman–Crippen MR) is 75.0 cm³/mol. The lowest BCUT2D eigenvalue weighted by atomic mass is 10.1. The monoisotopic (exact) mass is 310 g/mol. The van der Waals surface area contributed by atoms with E-state index >= 15 is 0 Å². The molecule has 0 aliphatic carbocycles. The second-order valence-corrected chi connectivity index (χ2v) is 5.57. The average molecular weight is 310 g/mol. The van der Waals surface area contributed by atoms with Crippen LogP contribution in [0.5, 0.6) is 0 Å². The van der Waals surface area contributed by atoms with Crippen molar-refractivity contribution < 1.29 is 18.3 Å². The number of hydrogen-bond donors (Lipinski definition) is 1. The largest absolute Gasteiger partial charge is 0.381 e. The summed E-state index contributed by atoms with van der Waals surface area (Å²) in [5, 5.41) is 4.85. The first-order chi connectivity index (χ1) is 10.1. The molecule has 1 aliphatic rings. The molecule has 0 radical (unpaired) electrons. The Balaban J connectivity index is 1.73. The smallest absolute Gasteiger partial charge is 0.231 e. The summed E-state index contributed by atoms with van der Waals surface area (Å²) in [6.07, 6.45) is 0.702. The quantitative estimate of drug-likeness (QED) is 0.948. The van der Waals surface area contributed by atoms with Gasteiger partial charge in [0.15, 0.2) is 16.8 Å². The minimum atomic E-state index is -0.922. The van der Waals surface area contributed by atoms with Crippen molar-refractivity contribution in [2.45, 2.75) is 6.42 Å². The van der Waals surface area contributed by atoms with E-state index in [1.54, 1.807) is 5.38 Å². The summed E-state index contributed by atoms with van der Waals surface area (Å²) >= 11 is 1.24. The van der Waals surface area contributed by atoms with Gasteiger partial charge in [0, 0.05) is 17.6 Å². The molecule has 1 fully saturated rings. The molecule has 2 aromatic rings. The molecule has 0 saturated carbocycles. The number of halogens is 2. The van der Waals surface area contributed by atoms with Gasteiger partial charge in [-0.2, -0.15) is 0 Å². The number of aromatic nitrogens is 1. The molecule has 1 aliphatic heterocycles. The van der Waals surface area contributed by atoms with Gasteiger partial charge < -0.3 is 10.1 Å². The number of carbonyl (C=O) groups excluding carboxylic acids is 1. The third-order valence-corrected chi connectivity index (χ3v) is 4.01. The van der Waals surface area contributed by atoms with Gasteiger partial charge >= 0.3 is 0 Å². The van der Waals surface area contributed by atoms with Crippen molar-refractivity contribution in [1.82, 2.24) is 4.98 Å². The normalized spacial score (nSPS) is 17.9. The molecule has 0 spiro atoms. The Labute approximate surface area is 123 Å². The first-order valence-corrected chi connectivity index (χ1v) is 7.31. The van der Waals surface area contributed by atoms with Gasteiger partial charge in [-0.05, 0) is 24.6 Å². The summed E-state index contributed by atoms with van der Waals surface area (Å²) in [6, 6.07) is 3.59. The molecule has 1 unspecified atom stereocenters. The minimum Gasteiger partial charge on any atom is -0.381 e. The number of rotatable bonds is 3. The van der Waals surface area contributed by atoms with Gasteiger partial charge in [-0.3, -0.25) is 4.79 Å². The van der Waals surface area contributed by atoms with E-state index in [4.69, 9.17) is 4.74 Å². The van der Waals surface area contributed by atoms with Crippen LogP contribution in [0.2, 0.25) is 0 Å². The molecule has 1 aromatic carbocycles. The summed E-state index contributed by atoms with van der Waals surface area (Å²) in [6.45, 7) is 1.02. The van der Waals surface area contributed by atoms with Crippen molar-refractivity contribution in [3.8, 4) is 11.3 Å². The first kappa shape index (κ1) is 14.1. The standard InChI is InChI=1S/C14H12F2N2O2S/c15-10-2-1-8(5-11(10)16)12-7-21-14(17-12)18-13(19)9-3-4-20-6-9/h1-2,5,7,9H,3-4,6H2,(H,17,18,19). The number of benzene rings is 1. The lowest BCUT2D eigenvalue weighted by molar-refractivity contribution is -0.119. The van der Waals surface area contributed by atoms with Gasteiger partial charge in [0.25, 0.3) is 0 Å². The Morgan fingerprint density at radius 1 is 1.38 bits per heavy atom. The zero-order valence-corrected chi connectivity index (χ0v) is 11.8. The summed E-state index contributed by atoms with van der Waals surface area (Å²) in [7, 11) is 0. The van der Waals surface area contributed by atoms with Crippen LogP contribution < -0.4 is 5.32 Å². The van der Waals surface area contributed by atoms with Gasteiger partial charge in [-0.1, -0.05) is 0 Å². The van der Waals surface area contributed by atoms with Gasteiger partial charge in [0.05, 0.1) is 18.2 Å². The summed E-state index contributed by atoms with van der Waals surface area (Å²) in [5.41, 5.74) is 0.965. The highest BCUT2D eigenvalue weighted by molar-refractivity contribution is 7.14. The Hall–Kier alpha value is -1.86. The van der Waals surface area contributed by atoms with Crippen molar-refractivity contribution in [3.63, 3.8) is 0 Å². The number of nitrogens with one attached hydrogen (secondary N) is 1. The van der Waals surface area contributed by atoms with Crippen LogP contribution in [0.4, 0.5) is 13.9 Å². The number of carbonyl (C=O) groups is 1. The van der Waals surface area contributed by atoms with Gasteiger partial charge in [-0.25, -0.2) is 13.8 Å². The van der Waals surface area contributed by atoms with E-state index in [0.29, 0.717) is 36.0 Å². The SMILES string of the molecule is O=C(Nc1nc(-c2ccc(F)c(F)c2)cs1)C1CCOC1. The summed E-state index contributed by atoms with van der Waals surface area (Å²) < 4.78 is 31.3. The zero-order valence-electron chi connectivity index (χ0n) is 10.9. The van der Waals surface area contributed by atoms with Crippen LogP contribution in [0.25, 0.3) is 11.3 Å². The molecular formula is C14H12F2N2O2S. The third kappa shape index (κ3) is 3.08. The van der Waals surface area contributed by atoms with E-state index in [0.717, 1.165) is 12.1 Å². The van der Waals surface area contributed by atoms with E-state index in [1.165, 1.54) is 17.4 Å². The highest BCUT2D eigenvalue weighted by Crippen LogP contribution is 2.26. The molecular weight excluding hydrogens is 298 g/mol. The topological polar surface area (TPSA) is 51.2 Å². The van der Waals surface area contributed by atoms with E-state index in [2.05, 4.69) is 10.3 Å². The molecule has 21 heavy (non-hydrogen) atoms. The van der Waals surface area contributed by atoms with E-state index in [9.17, 15) is 13.6 Å². The fourth-order valence-corrected chi connectivity index (χ4v) is 2.79. The second-order valence-electron chi connectivity index (χ2n) is 4.72. The molecule has 110 valence electrons. The van der Waals surface area contributed by atoms with Gasteiger partial charge in [-0.15, -0.1) is 11.3 Å². The molecule has 3 rings (SSSR count). The van der Waals surface area contributed by atoms with Crippen molar-refractivity contribution in [1.29, 1.82) is 0 Å². The third-order valence-electron chi connectivity index (χ3n) is 3.25. The molecule has 0 bridgehead atoms. The minimum absolute atomic E-state index is 0.126. The van der Waals surface area contributed by atoms with Crippen LogP contribution in [0.1, 0.15) is 6.42 Å². The Kier molecular flexibility index (Phi) is 3.94. The Morgan fingerprint density at radius 3 is 2.95 bits per heavy atom. The molecule has 1 N–H and O–H groups in total. The van der Waals surface area contributed by atoms with Crippen molar-refractivity contribution in [3.05, 3.63) is 35.2 Å². The molecule has 7 heteroatoms. The maximum absolute atomic E-state index is 13.2. The molecule has 1 saturated heterocycles. The molecule has 4 nitrogen and oxygen atoms in total. The highest BCUT2D eigenvalue weighted by Gasteiger charge is 2.24. The fourth-order valence-electron chi connectivity index (χ4n) is 2.07. The fraction of sp³-hybridized carbons (Fsp3) is 0.286. The number of amides is 1. The number of ether oxygens (including phenoxy) is 1. The van der Waals surface area contributed by atoms with Crippen molar-refractivity contribution >= 4 is 22.4 Å². The zero-order chi connectivity index (χ0) is 14.8. The summed E-state index contributed by atoms with van der Waals surface area (Å²) in [5.74, 6) is -2.10. The lowest BCUT2D eigenvalue weighted by Gasteiger charge is -2.06. The Morgan fingerprint density at radius 2 is 2.24 bits per heavy atom. The number of nitrogens with zero attached hydrogens (tertiary/aromatic N) is 1. The van der Waals surface area contributed by atoms with Crippen LogP contribution in [0.15, 0.2) is 23.6 Å². The van der Waals surface area contributed by atoms with Crippen LogP contribution in [-0.4, -0.2) is 24.1 Å². The highest BCUT2D eigenvalue weighted by atomic mass is 32.1. The maximum atomic E-state index is 13.2.